The van der Waals surface area contributed by atoms with Crippen molar-refractivity contribution < 1.29 is 4.74 Å². The van der Waals surface area contributed by atoms with Gasteiger partial charge in [-0.2, -0.15) is 0 Å². The molecule has 0 aliphatic heterocycles. The van der Waals surface area contributed by atoms with E-state index in [1.54, 1.807) is 7.11 Å². The smallest absolute Gasteiger partial charge is 0.0462 e. The average molecular weight is 174 g/mol. The topological polar surface area (TPSA) is 33.3 Å². The predicted octanol–water partition coefficient (Wildman–Crippen LogP) is 0.612. The third-order valence-corrected chi connectivity index (χ3v) is 1.73. The van der Waals surface area contributed by atoms with Crippen molar-refractivity contribution in [3.05, 3.63) is 0 Å². The number of ether oxygens (including phenoxy) is 1. The molecule has 0 bridgehead atoms. The summed E-state index contributed by atoms with van der Waals surface area (Å²) in [6.07, 6.45) is 3.59. The fourth-order valence-corrected chi connectivity index (χ4v) is 1.01. The van der Waals surface area contributed by atoms with Crippen molar-refractivity contribution in [2.45, 2.75) is 19.3 Å². The Hall–Kier alpha value is -0.120. The molecule has 0 atom stereocenters. The molecule has 0 amide bonds. The molecule has 0 saturated carbocycles. The van der Waals surface area contributed by atoms with Crippen LogP contribution in [0.25, 0.3) is 0 Å². The van der Waals surface area contributed by atoms with Crippen LogP contribution in [0.1, 0.15) is 19.3 Å². The molecule has 0 unspecified atom stereocenters. The molecule has 0 aromatic carbocycles. The highest BCUT2D eigenvalue weighted by Crippen LogP contribution is 1.86. The number of rotatable bonds is 9. The van der Waals surface area contributed by atoms with Crippen LogP contribution in [0.15, 0.2) is 0 Å². The van der Waals surface area contributed by atoms with Gasteiger partial charge in [-0.15, -0.1) is 0 Å². The van der Waals surface area contributed by atoms with E-state index in [1.807, 2.05) is 7.05 Å². The minimum Gasteiger partial charge on any atom is -0.385 e. The van der Waals surface area contributed by atoms with Crippen molar-refractivity contribution in [1.82, 2.24) is 10.6 Å². The van der Waals surface area contributed by atoms with E-state index in [-0.39, 0.29) is 0 Å². The SMILES string of the molecule is CNCCCNCCCCOC. The second kappa shape index (κ2) is 10.9. The largest absolute Gasteiger partial charge is 0.385 e. The molecule has 12 heavy (non-hydrogen) atoms. The van der Waals surface area contributed by atoms with Gasteiger partial charge in [-0.3, -0.25) is 0 Å². The highest BCUT2D eigenvalue weighted by Gasteiger charge is 1.88. The summed E-state index contributed by atoms with van der Waals surface area (Å²) in [7, 11) is 3.74. The maximum Gasteiger partial charge on any atom is 0.0462 e. The Labute approximate surface area is 75.9 Å². The van der Waals surface area contributed by atoms with E-state index in [0.29, 0.717) is 0 Å². The van der Waals surface area contributed by atoms with Gasteiger partial charge in [-0.25, -0.2) is 0 Å². The van der Waals surface area contributed by atoms with Gasteiger partial charge in [0.05, 0.1) is 0 Å². The lowest BCUT2D eigenvalue weighted by Crippen LogP contribution is -2.20. The van der Waals surface area contributed by atoms with Crippen LogP contribution < -0.4 is 10.6 Å². The van der Waals surface area contributed by atoms with Crippen molar-refractivity contribution in [1.29, 1.82) is 0 Å². The van der Waals surface area contributed by atoms with Crippen molar-refractivity contribution in [3.63, 3.8) is 0 Å². The monoisotopic (exact) mass is 174 g/mol. The molecule has 3 nitrogen and oxygen atoms in total. The first-order valence-corrected chi connectivity index (χ1v) is 4.76. The summed E-state index contributed by atoms with van der Waals surface area (Å²) in [6.45, 7) is 4.23. The van der Waals surface area contributed by atoms with Crippen LogP contribution in [0.4, 0.5) is 0 Å². The Morgan fingerprint density at radius 2 is 1.75 bits per heavy atom. The van der Waals surface area contributed by atoms with Gasteiger partial charge in [-0.1, -0.05) is 0 Å². The molecule has 0 rings (SSSR count). The Balaban J connectivity index is 2.73. The fourth-order valence-electron chi connectivity index (χ4n) is 1.01. The van der Waals surface area contributed by atoms with Crippen LogP contribution in [-0.4, -0.2) is 40.4 Å². The zero-order valence-corrected chi connectivity index (χ0v) is 8.36. The minimum absolute atomic E-state index is 0.887. The molecule has 0 heterocycles. The Morgan fingerprint density at radius 3 is 2.42 bits per heavy atom. The van der Waals surface area contributed by atoms with Gasteiger partial charge in [0.15, 0.2) is 0 Å². The van der Waals surface area contributed by atoms with Crippen LogP contribution in [0.3, 0.4) is 0 Å². The van der Waals surface area contributed by atoms with Crippen LogP contribution in [0.2, 0.25) is 0 Å². The van der Waals surface area contributed by atoms with E-state index >= 15 is 0 Å². The number of unbranched alkanes of at least 4 members (excludes halogenated alkanes) is 1. The van der Waals surface area contributed by atoms with E-state index in [2.05, 4.69) is 10.6 Å². The van der Waals surface area contributed by atoms with Crippen molar-refractivity contribution in [3.8, 4) is 0 Å². The van der Waals surface area contributed by atoms with Crippen LogP contribution in [0.5, 0.6) is 0 Å². The highest BCUT2D eigenvalue weighted by molar-refractivity contribution is 4.49. The molecule has 2 N–H and O–H groups in total. The zero-order valence-electron chi connectivity index (χ0n) is 8.36. The molecule has 0 spiro atoms. The van der Waals surface area contributed by atoms with Crippen molar-refractivity contribution in [2.24, 2.45) is 0 Å². The third kappa shape index (κ3) is 9.88. The van der Waals surface area contributed by atoms with Gasteiger partial charge in [0, 0.05) is 13.7 Å². The average Bonchev–Trinajstić information content (AvgIpc) is 2.10. The number of methoxy groups -OCH3 is 1. The van der Waals surface area contributed by atoms with Crippen molar-refractivity contribution >= 4 is 0 Å². The van der Waals surface area contributed by atoms with Gasteiger partial charge in [-0.05, 0) is 45.9 Å². The zero-order chi connectivity index (χ0) is 9.07. The first-order valence-electron chi connectivity index (χ1n) is 4.76. The van der Waals surface area contributed by atoms with Gasteiger partial charge in [0.1, 0.15) is 0 Å². The summed E-state index contributed by atoms with van der Waals surface area (Å²) in [6, 6.07) is 0. The van der Waals surface area contributed by atoms with E-state index in [4.69, 9.17) is 4.74 Å². The summed E-state index contributed by atoms with van der Waals surface area (Å²) in [5, 5.41) is 6.50. The molecule has 0 aromatic heterocycles. The first kappa shape index (κ1) is 11.9. The molecule has 0 saturated heterocycles. The van der Waals surface area contributed by atoms with Crippen molar-refractivity contribution in [2.75, 3.05) is 40.4 Å². The number of hydrogen-bond acceptors (Lipinski definition) is 3. The normalized spacial score (nSPS) is 10.5. The molecule has 0 aliphatic carbocycles. The maximum atomic E-state index is 4.95. The van der Waals surface area contributed by atoms with Gasteiger partial charge >= 0.3 is 0 Å². The van der Waals surface area contributed by atoms with E-state index in [0.717, 1.165) is 32.7 Å². The van der Waals surface area contributed by atoms with Gasteiger partial charge in [0.2, 0.25) is 0 Å². The summed E-state index contributed by atoms with van der Waals surface area (Å²) in [5.41, 5.74) is 0. The van der Waals surface area contributed by atoms with Crippen LogP contribution in [-0.2, 0) is 4.74 Å². The Bertz CT molecular complexity index is 68.9. The fraction of sp³-hybridized carbons (Fsp3) is 1.00. The van der Waals surface area contributed by atoms with Crippen LogP contribution in [0, 0.1) is 0 Å². The summed E-state index contributed by atoms with van der Waals surface area (Å²) in [4.78, 5) is 0. The second-order valence-corrected chi connectivity index (χ2v) is 2.91. The summed E-state index contributed by atoms with van der Waals surface area (Å²) < 4.78 is 4.95. The van der Waals surface area contributed by atoms with Gasteiger partial charge in [0.25, 0.3) is 0 Å². The highest BCUT2D eigenvalue weighted by atomic mass is 16.5. The Kier molecular flexibility index (Phi) is 10.8. The van der Waals surface area contributed by atoms with Crippen LogP contribution >= 0.6 is 0 Å². The molecule has 0 aliphatic rings. The molecule has 74 valence electrons. The molecular formula is C9H22N2O. The number of hydrogen-bond donors (Lipinski definition) is 2. The second-order valence-electron chi connectivity index (χ2n) is 2.91. The lowest BCUT2D eigenvalue weighted by Gasteiger charge is -2.03. The standard InChI is InChI=1S/C9H22N2O/c1-10-6-5-8-11-7-3-4-9-12-2/h10-11H,3-9H2,1-2H3. The summed E-state index contributed by atoms with van der Waals surface area (Å²) >= 11 is 0. The van der Waals surface area contributed by atoms with Gasteiger partial charge < -0.3 is 15.4 Å². The third-order valence-electron chi connectivity index (χ3n) is 1.73. The molecule has 0 aromatic rings. The van der Waals surface area contributed by atoms with E-state index in [9.17, 15) is 0 Å². The molecule has 3 heteroatoms. The quantitative estimate of drug-likeness (QED) is 0.503. The maximum absolute atomic E-state index is 4.95. The number of nitrogens with one attached hydrogen (secondary N) is 2. The Morgan fingerprint density at radius 1 is 1.00 bits per heavy atom. The lowest BCUT2D eigenvalue weighted by molar-refractivity contribution is 0.192. The van der Waals surface area contributed by atoms with E-state index in [1.165, 1.54) is 12.8 Å². The molecule has 0 fully saturated rings. The minimum atomic E-state index is 0.887. The molecule has 0 radical (unpaired) electrons. The summed E-state index contributed by atoms with van der Waals surface area (Å²) in [5.74, 6) is 0. The predicted molar refractivity (Wildman–Crippen MR) is 52.5 cm³/mol. The lowest BCUT2D eigenvalue weighted by atomic mass is 10.3. The molecular weight excluding hydrogens is 152 g/mol. The van der Waals surface area contributed by atoms with E-state index < -0.39 is 0 Å². The first-order chi connectivity index (χ1) is 5.91.